The maximum atomic E-state index is 12.7. The summed E-state index contributed by atoms with van der Waals surface area (Å²) in [6.45, 7) is 2.61. The summed E-state index contributed by atoms with van der Waals surface area (Å²) in [5.74, 6) is -0.528. The van der Waals surface area contributed by atoms with Crippen LogP contribution >= 0.6 is 0 Å². The summed E-state index contributed by atoms with van der Waals surface area (Å²) in [5.41, 5.74) is 0.883. The minimum absolute atomic E-state index is 0.0140. The first-order valence-corrected chi connectivity index (χ1v) is 9.29. The summed E-state index contributed by atoms with van der Waals surface area (Å²) in [6, 6.07) is 4.14. The van der Waals surface area contributed by atoms with E-state index in [4.69, 9.17) is 5.11 Å². The van der Waals surface area contributed by atoms with Gasteiger partial charge < -0.3 is 5.11 Å². The first kappa shape index (κ1) is 16.5. The molecule has 1 aromatic heterocycles. The van der Waals surface area contributed by atoms with E-state index in [9.17, 15) is 13.2 Å². The number of anilines is 1. The molecule has 1 aliphatic rings. The molecule has 1 heterocycles. The Hall–Kier alpha value is -2.35. The summed E-state index contributed by atoms with van der Waals surface area (Å²) < 4.78 is 29.5. The highest BCUT2D eigenvalue weighted by atomic mass is 32.2. The van der Waals surface area contributed by atoms with Crippen molar-refractivity contribution in [3.63, 3.8) is 0 Å². The normalized spacial score (nSPS) is 14.5. The van der Waals surface area contributed by atoms with Crippen LogP contribution in [-0.4, -0.2) is 29.3 Å². The third-order valence-corrected chi connectivity index (χ3v) is 5.48. The van der Waals surface area contributed by atoms with Gasteiger partial charge in [0.25, 0.3) is 10.0 Å². The van der Waals surface area contributed by atoms with Gasteiger partial charge in [-0.1, -0.05) is 13.0 Å². The maximum absolute atomic E-state index is 12.7. The van der Waals surface area contributed by atoms with Crippen LogP contribution in [-0.2, 0) is 23.0 Å². The molecule has 0 radical (unpaired) electrons. The number of carboxylic acid groups (broad SMARTS) is 1. The van der Waals surface area contributed by atoms with Crippen molar-refractivity contribution in [2.45, 2.75) is 37.6 Å². The van der Waals surface area contributed by atoms with Gasteiger partial charge in [0.15, 0.2) is 0 Å². The smallest absolute Gasteiger partial charge is 0.335 e. The molecule has 128 valence electrons. The lowest BCUT2D eigenvalue weighted by Gasteiger charge is -2.11. The lowest BCUT2D eigenvalue weighted by Crippen LogP contribution is -2.15. The molecule has 0 spiro atoms. The van der Waals surface area contributed by atoms with Crippen molar-refractivity contribution < 1.29 is 18.3 Å². The van der Waals surface area contributed by atoms with Gasteiger partial charge in [-0.2, -0.15) is 5.10 Å². The number of sulfonamides is 1. The number of rotatable bonds is 7. The maximum Gasteiger partial charge on any atom is 0.335 e. The zero-order chi connectivity index (χ0) is 17.3. The molecule has 2 aromatic rings. The summed E-state index contributed by atoms with van der Waals surface area (Å²) in [5, 5.41) is 13.3. The number of carboxylic acids is 1. The molecule has 0 atom stereocenters. The highest BCUT2D eigenvalue weighted by molar-refractivity contribution is 7.92. The lowest BCUT2D eigenvalue weighted by atomic mass is 10.1. The zero-order valence-corrected chi connectivity index (χ0v) is 14.1. The number of carbonyl (C=O) groups is 1. The van der Waals surface area contributed by atoms with Crippen molar-refractivity contribution in [3.8, 4) is 0 Å². The molecule has 3 rings (SSSR count). The second-order valence-electron chi connectivity index (χ2n) is 5.98. The highest BCUT2D eigenvalue weighted by Gasteiger charge is 2.23. The molecule has 0 amide bonds. The zero-order valence-electron chi connectivity index (χ0n) is 13.3. The van der Waals surface area contributed by atoms with Crippen LogP contribution in [0.5, 0.6) is 0 Å². The van der Waals surface area contributed by atoms with Crippen LogP contribution in [0.3, 0.4) is 0 Å². The van der Waals surface area contributed by atoms with E-state index in [0.29, 0.717) is 23.6 Å². The second kappa shape index (κ2) is 6.27. The minimum Gasteiger partial charge on any atom is -0.478 e. The fourth-order valence-corrected chi connectivity index (χ4v) is 3.89. The molecule has 1 aromatic carbocycles. The summed E-state index contributed by atoms with van der Waals surface area (Å²) in [6.07, 6.45) is 5.97. The predicted molar refractivity (Wildman–Crippen MR) is 88.5 cm³/mol. The highest BCUT2D eigenvalue weighted by Crippen LogP contribution is 2.30. The lowest BCUT2D eigenvalue weighted by molar-refractivity contribution is 0.0696. The third kappa shape index (κ3) is 3.59. The van der Waals surface area contributed by atoms with Crippen LogP contribution in [0.2, 0.25) is 0 Å². The number of hydrogen-bond donors (Lipinski definition) is 2. The summed E-state index contributed by atoms with van der Waals surface area (Å²) >= 11 is 0. The predicted octanol–water partition coefficient (Wildman–Crippen LogP) is 2.35. The number of hydrogen-bond acceptors (Lipinski definition) is 4. The van der Waals surface area contributed by atoms with E-state index in [1.165, 1.54) is 37.2 Å². The Morgan fingerprint density at radius 1 is 1.42 bits per heavy atom. The van der Waals surface area contributed by atoms with Crippen molar-refractivity contribution in [3.05, 3.63) is 41.7 Å². The van der Waals surface area contributed by atoms with Crippen molar-refractivity contribution in [2.24, 2.45) is 5.92 Å². The SMILES string of the molecule is CCc1ccc(C(=O)O)cc1S(=O)(=O)Nc1cnn(CC2CC2)c1. The van der Waals surface area contributed by atoms with Gasteiger partial charge in [-0.05, 0) is 42.9 Å². The van der Waals surface area contributed by atoms with E-state index >= 15 is 0 Å². The van der Waals surface area contributed by atoms with Gasteiger partial charge in [0.05, 0.1) is 22.3 Å². The molecule has 0 aliphatic heterocycles. The molecule has 24 heavy (non-hydrogen) atoms. The Balaban J connectivity index is 1.87. The molecular weight excluding hydrogens is 330 g/mol. The Bertz CT molecular complexity index is 869. The van der Waals surface area contributed by atoms with Crippen molar-refractivity contribution >= 4 is 21.7 Å². The van der Waals surface area contributed by atoms with Gasteiger partial charge in [-0.25, -0.2) is 13.2 Å². The van der Waals surface area contributed by atoms with E-state index in [2.05, 4.69) is 9.82 Å². The van der Waals surface area contributed by atoms with Gasteiger partial charge in [0.1, 0.15) is 0 Å². The Kier molecular flexibility index (Phi) is 4.31. The van der Waals surface area contributed by atoms with Gasteiger partial charge >= 0.3 is 5.97 Å². The molecule has 7 nitrogen and oxygen atoms in total. The van der Waals surface area contributed by atoms with Gasteiger partial charge in [0.2, 0.25) is 0 Å². The van der Waals surface area contributed by atoms with Crippen molar-refractivity contribution in [1.29, 1.82) is 0 Å². The Labute approximate surface area is 140 Å². The number of aromatic carboxylic acids is 1. The molecule has 8 heteroatoms. The molecule has 1 fully saturated rings. The van der Waals surface area contributed by atoms with Crippen LogP contribution < -0.4 is 4.72 Å². The fourth-order valence-electron chi connectivity index (χ4n) is 2.52. The molecule has 1 saturated carbocycles. The number of aromatic nitrogens is 2. The van der Waals surface area contributed by atoms with Crippen LogP contribution in [0, 0.1) is 5.92 Å². The fraction of sp³-hybridized carbons (Fsp3) is 0.375. The topological polar surface area (TPSA) is 101 Å². The Morgan fingerprint density at radius 2 is 2.17 bits per heavy atom. The minimum atomic E-state index is -3.88. The van der Waals surface area contributed by atoms with E-state index in [1.54, 1.807) is 10.9 Å². The number of nitrogens with zero attached hydrogens (tertiary/aromatic N) is 2. The standard InChI is InChI=1S/C16H19N3O4S/c1-2-12-5-6-13(16(20)21)7-15(12)24(22,23)18-14-8-17-19(10-14)9-11-3-4-11/h5-8,10-11,18H,2-4,9H2,1H3,(H,20,21). The molecule has 0 bridgehead atoms. The summed E-state index contributed by atoms with van der Waals surface area (Å²) in [7, 11) is -3.88. The van der Waals surface area contributed by atoms with Gasteiger partial charge in [-0.15, -0.1) is 0 Å². The van der Waals surface area contributed by atoms with Crippen molar-refractivity contribution in [2.75, 3.05) is 4.72 Å². The van der Waals surface area contributed by atoms with Crippen LogP contribution in [0.25, 0.3) is 0 Å². The molecule has 0 saturated heterocycles. The van der Waals surface area contributed by atoms with Crippen LogP contribution in [0.15, 0.2) is 35.5 Å². The van der Waals surface area contributed by atoms with E-state index in [0.717, 1.165) is 6.54 Å². The van der Waals surface area contributed by atoms with E-state index in [1.807, 2.05) is 6.92 Å². The monoisotopic (exact) mass is 349 g/mol. The second-order valence-corrected chi connectivity index (χ2v) is 7.63. The van der Waals surface area contributed by atoms with Crippen molar-refractivity contribution in [1.82, 2.24) is 9.78 Å². The van der Waals surface area contributed by atoms with Gasteiger partial charge in [0, 0.05) is 12.7 Å². The van der Waals surface area contributed by atoms with E-state index in [-0.39, 0.29) is 10.5 Å². The average Bonchev–Trinajstić information content (AvgIpc) is 3.25. The molecule has 2 N–H and O–H groups in total. The van der Waals surface area contributed by atoms with Crippen LogP contribution in [0.4, 0.5) is 5.69 Å². The first-order valence-electron chi connectivity index (χ1n) is 7.80. The number of benzene rings is 1. The van der Waals surface area contributed by atoms with Crippen LogP contribution in [0.1, 0.15) is 35.7 Å². The number of nitrogens with one attached hydrogen (secondary N) is 1. The number of aryl methyl sites for hydroxylation is 1. The first-order chi connectivity index (χ1) is 11.4. The largest absolute Gasteiger partial charge is 0.478 e. The quantitative estimate of drug-likeness (QED) is 0.799. The van der Waals surface area contributed by atoms with E-state index < -0.39 is 16.0 Å². The Morgan fingerprint density at radius 3 is 2.79 bits per heavy atom. The third-order valence-electron chi connectivity index (χ3n) is 4.01. The summed E-state index contributed by atoms with van der Waals surface area (Å²) in [4.78, 5) is 11.1. The molecule has 0 unspecified atom stereocenters. The molecule has 1 aliphatic carbocycles. The average molecular weight is 349 g/mol. The van der Waals surface area contributed by atoms with Gasteiger partial charge in [-0.3, -0.25) is 9.40 Å². The molecular formula is C16H19N3O4S.